The molecular formula is C22H21N5. The molecule has 4 rings (SSSR count). The molecule has 0 fully saturated rings. The molecule has 5 nitrogen and oxygen atoms in total. The fraction of sp³-hybridized carbons (Fsp3) is 0.136. The van der Waals surface area contributed by atoms with E-state index in [0.29, 0.717) is 5.95 Å². The van der Waals surface area contributed by atoms with Gasteiger partial charge in [0.05, 0.1) is 16.9 Å². The standard InChI is InChI=1S/C22H21N5/c1-15(2)24-22-26-19(16-8-4-3-5-9-16)14-20(27-22)25-18-12-6-10-17-11-7-13-23-21(17)18/h3-15H,1-2H3,(H2,24,25,26,27). The van der Waals surface area contributed by atoms with Crippen LogP contribution in [-0.4, -0.2) is 21.0 Å². The van der Waals surface area contributed by atoms with Crippen LogP contribution in [0.4, 0.5) is 17.5 Å². The fourth-order valence-corrected chi connectivity index (χ4v) is 2.93. The van der Waals surface area contributed by atoms with Gasteiger partial charge >= 0.3 is 0 Å². The lowest BCUT2D eigenvalue weighted by atomic mass is 10.1. The average molecular weight is 355 g/mol. The molecule has 4 aromatic rings. The van der Waals surface area contributed by atoms with Crippen molar-refractivity contribution in [2.45, 2.75) is 19.9 Å². The summed E-state index contributed by atoms with van der Waals surface area (Å²) < 4.78 is 0. The van der Waals surface area contributed by atoms with Crippen LogP contribution >= 0.6 is 0 Å². The molecule has 2 aromatic carbocycles. The summed E-state index contributed by atoms with van der Waals surface area (Å²) in [5.41, 5.74) is 3.75. The third-order valence-corrected chi connectivity index (χ3v) is 4.11. The van der Waals surface area contributed by atoms with Crippen LogP contribution in [0.25, 0.3) is 22.2 Å². The third-order valence-electron chi connectivity index (χ3n) is 4.11. The van der Waals surface area contributed by atoms with Gasteiger partial charge in [0.25, 0.3) is 0 Å². The van der Waals surface area contributed by atoms with Crippen LogP contribution in [0.1, 0.15) is 13.8 Å². The highest BCUT2D eigenvalue weighted by molar-refractivity contribution is 5.91. The minimum absolute atomic E-state index is 0.239. The van der Waals surface area contributed by atoms with Gasteiger partial charge in [-0.1, -0.05) is 48.5 Å². The lowest BCUT2D eigenvalue weighted by Gasteiger charge is -2.14. The largest absolute Gasteiger partial charge is 0.352 e. The van der Waals surface area contributed by atoms with Gasteiger partial charge in [-0.05, 0) is 26.0 Å². The molecule has 27 heavy (non-hydrogen) atoms. The Morgan fingerprint density at radius 2 is 1.67 bits per heavy atom. The number of fused-ring (bicyclic) bond motifs is 1. The molecule has 0 amide bonds. The molecule has 0 saturated carbocycles. The van der Waals surface area contributed by atoms with Crippen molar-refractivity contribution in [2.75, 3.05) is 10.6 Å². The van der Waals surface area contributed by atoms with Gasteiger partial charge < -0.3 is 10.6 Å². The van der Waals surface area contributed by atoms with Crippen LogP contribution in [-0.2, 0) is 0 Å². The number of benzene rings is 2. The van der Waals surface area contributed by atoms with Crippen molar-refractivity contribution in [2.24, 2.45) is 0 Å². The molecule has 0 saturated heterocycles. The SMILES string of the molecule is CC(C)Nc1nc(Nc2cccc3cccnc23)cc(-c2ccccc2)n1. The molecule has 0 aliphatic rings. The van der Waals surface area contributed by atoms with E-state index in [1.807, 2.05) is 54.6 Å². The van der Waals surface area contributed by atoms with Gasteiger partial charge in [-0.25, -0.2) is 4.98 Å². The summed E-state index contributed by atoms with van der Waals surface area (Å²) >= 11 is 0. The predicted octanol–water partition coefficient (Wildman–Crippen LogP) is 5.26. The topological polar surface area (TPSA) is 62.7 Å². The van der Waals surface area contributed by atoms with Crippen LogP contribution in [0.3, 0.4) is 0 Å². The number of hydrogen-bond donors (Lipinski definition) is 2. The van der Waals surface area contributed by atoms with Crippen LogP contribution in [0.5, 0.6) is 0 Å². The Morgan fingerprint density at radius 1 is 0.852 bits per heavy atom. The van der Waals surface area contributed by atoms with Crippen molar-refractivity contribution in [3.05, 3.63) is 72.9 Å². The lowest BCUT2D eigenvalue weighted by molar-refractivity contribution is 0.876. The van der Waals surface area contributed by atoms with Gasteiger partial charge in [0.15, 0.2) is 0 Å². The summed E-state index contributed by atoms with van der Waals surface area (Å²) in [7, 11) is 0. The fourth-order valence-electron chi connectivity index (χ4n) is 2.93. The Labute approximate surface area is 158 Å². The van der Waals surface area contributed by atoms with Crippen molar-refractivity contribution in [1.29, 1.82) is 0 Å². The van der Waals surface area contributed by atoms with E-state index >= 15 is 0 Å². The molecule has 0 unspecified atom stereocenters. The molecule has 0 aliphatic carbocycles. The second-order valence-electron chi connectivity index (χ2n) is 6.63. The Bertz CT molecular complexity index is 1060. The van der Waals surface area contributed by atoms with E-state index in [1.165, 1.54) is 0 Å². The van der Waals surface area contributed by atoms with E-state index in [-0.39, 0.29) is 6.04 Å². The summed E-state index contributed by atoms with van der Waals surface area (Å²) in [4.78, 5) is 13.8. The van der Waals surface area contributed by atoms with Crippen LogP contribution in [0, 0.1) is 0 Å². The highest BCUT2D eigenvalue weighted by Gasteiger charge is 2.09. The van der Waals surface area contributed by atoms with Gasteiger partial charge in [-0.3, -0.25) is 4.98 Å². The molecule has 0 atom stereocenters. The number of nitrogens with zero attached hydrogens (tertiary/aromatic N) is 3. The first kappa shape index (κ1) is 17.0. The van der Waals surface area contributed by atoms with E-state index < -0.39 is 0 Å². The second-order valence-corrected chi connectivity index (χ2v) is 6.63. The number of nitrogens with one attached hydrogen (secondary N) is 2. The maximum atomic E-state index is 4.67. The second kappa shape index (κ2) is 7.41. The highest BCUT2D eigenvalue weighted by atomic mass is 15.2. The maximum Gasteiger partial charge on any atom is 0.225 e. The normalized spacial score (nSPS) is 10.9. The van der Waals surface area contributed by atoms with Crippen molar-refractivity contribution >= 4 is 28.4 Å². The van der Waals surface area contributed by atoms with Crippen molar-refractivity contribution in [3.8, 4) is 11.3 Å². The predicted molar refractivity (Wildman–Crippen MR) is 111 cm³/mol. The minimum atomic E-state index is 0.239. The highest BCUT2D eigenvalue weighted by Crippen LogP contribution is 2.27. The first-order chi connectivity index (χ1) is 13.2. The molecule has 2 heterocycles. The Kier molecular flexibility index (Phi) is 4.66. The summed E-state index contributed by atoms with van der Waals surface area (Å²) in [5, 5.41) is 7.80. The third kappa shape index (κ3) is 3.87. The average Bonchev–Trinajstić information content (AvgIpc) is 2.68. The molecule has 0 spiro atoms. The lowest BCUT2D eigenvalue weighted by Crippen LogP contribution is -2.13. The Morgan fingerprint density at radius 3 is 2.48 bits per heavy atom. The van der Waals surface area contributed by atoms with E-state index in [0.717, 1.165) is 33.7 Å². The Balaban J connectivity index is 1.77. The van der Waals surface area contributed by atoms with Crippen LogP contribution in [0.2, 0.25) is 0 Å². The first-order valence-corrected chi connectivity index (χ1v) is 9.01. The van der Waals surface area contributed by atoms with Gasteiger partial charge in [-0.2, -0.15) is 4.98 Å². The molecule has 134 valence electrons. The Hall–Kier alpha value is -3.47. The molecular weight excluding hydrogens is 334 g/mol. The first-order valence-electron chi connectivity index (χ1n) is 9.01. The monoisotopic (exact) mass is 355 g/mol. The summed E-state index contributed by atoms with van der Waals surface area (Å²) in [6, 6.07) is 22.4. The quantitative estimate of drug-likeness (QED) is 0.511. The van der Waals surface area contributed by atoms with Gasteiger partial charge in [0, 0.05) is 29.3 Å². The number of anilines is 3. The van der Waals surface area contributed by atoms with Crippen molar-refractivity contribution in [1.82, 2.24) is 15.0 Å². The van der Waals surface area contributed by atoms with E-state index in [9.17, 15) is 0 Å². The smallest absolute Gasteiger partial charge is 0.225 e. The van der Waals surface area contributed by atoms with E-state index in [1.54, 1.807) is 6.20 Å². The van der Waals surface area contributed by atoms with E-state index in [2.05, 4.69) is 51.6 Å². The number of para-hydroxylation sites is 1. The molecule has 0 radical (unpaired) electrons. The molecule has 2 N–H and O–H groups in total. The molecule has 2 aromatic heterocycles. The number of hydrogen-bond acceptors (Lipinski definition) is 5. The zero-order valence-corrected chi connectivity index (χ0v) is 15.3. The van der Waals surface area contributed by atoms with Gasteiger partial charge in [0.2, 0.25) is 5.95 Å². The van der Waals surface area contributed by atoms with Gasteiger partial charge in [0.1, 0.15) is 5.82 Å². The number of pyridine rings is 1. The summed E-state index contributed by atoms with van der Waals surface area (Å²) in [6.07, 6.45) is 1.80. The molecule has 0 aliphatic heterocycles. The number of rotatable bonds is 5. The van der Waals surface area contributed by atoms with Gasteiger partial charge in [-0.15, -0.1) is 0 Å². The van der Waals surface area contributed by atoms with Crippen LogP contribution in [0.15, 0.2) is 72.9 Å². The molecule has 0 bridgehead atoms. The summed E-state index contributed by atoms with van der Waals surface area (Å²) in [5.74, 6) is 1.33. The zero-order valence-electron chi connectivity index (χ0n) is 15.3. The minimum Gasteiger partial charge on any atom is -0.352 e. The zero-order chi connectivity index (χ0) is 18.6. The van der Waals surface area contributed by atoms with Crippen molar-refractivity contribution in [3.63, 3.8) is 0 Å². The van der Waals surface area contributed by atoms with Crippen LogP contribution < -0.4 is 10.6 Å². The summed E-state index contributed by atoms with van der Waals surface area (Å²) in [6.45, 7) is 4.14. The number of aromatic nitrogens is 3. The van der Waals surface area contributed by atoms with Crippen molar-refractivity contribution < 1.29 is 0 Å². The molecule has 5 heteroatoms. The van der Waals surface area contributed by atoms with E-state index in [4.69, 9.17) is 0 Å². The maximum absolute atomic E-state index is 4.67.